The van der Waals surface area contributed by atoms with Crippen molar-refractivity contribution in [1.29, 1.82) is 0 Å². The average molecular weight is 521 g/mol. The highest BCUT2D eigenvalue weighted by Crippen LogP contribution is 2.21. The van der Waals surface area contributed by atoms with Gasteiger partial charge >= 0.3 is 0 Å². The summed E-state index contributed by atoms with van der Waals surface area (Å²) in [6.07, 6.45) is 3.10. The van der Waals surface area contributed by atoms with Gasteiger partial charge in [0.1, 0.15) is 11.8 Å². The van der Waals surface area contributed by atoms with Crippen LogP contribution in [0, 0.1) is 6.92 Å². The van der Waals surface area contributed by atoms with Crippen LogP contribution in [0.5, 0.6) is 5.75 Å². The van der Waals surface area contributed by atoms with Crippen molar-refractivity contribution < 1.29 is 14.3 Å². The summed E-state index contributed by atoms with van der Waals surface area (Å²) < 4.78 is 5.83. The molecule has 0 heterocycles. The molecular weight excluding hydrogens is 484 g/mol. The zero-order valence-corrected chi connectivity index (χ0v) is 22.5. The zero-order valence-electron chi connectivity index (χ0n) is 21.8. The maximum Gasteiger partial charge on any atom is 0.243 e. The number of unbranched alkanes of at least 4 members (excludes halogenated alkanes) is 1. The van der Waals surface area contributed by atoms with E-state index < -0.39 is 6.04 Å². The fourth-order valence-corrected chi connectivity index (χ4v) is 4.26. The van der Waals surface area contributed by atoms with Crippen molar-refractivity contribution in [2.45, 2.75) is 58.5 Å². The number of benzene rings is 3. The summed E-state index contributed by atoms with van der Waals surface area (Å²) in [5.41, 5.74) is 2.98. The molecule has 0 spiro atoms. The molecule has 37 heavy (non-hydrogen) atoms. The first-order valence-corrected chi connectivity index (χ1v) is 13.4. The Hall–Kier alpha value is -3.31. The van der Waals surface area contributed by atoms with Gasteiger partial charge in [-0.15, -0.1) is 0 Å². The van der Waals surface area contributed by atoms with E-state index in [1.807, 2.05) is 85.8 Å². The Kier molecular flexibility index (Phi) is 11.5. The number of nitrogens with one attached hydrogen (secondary N) is 1. The first-order valence-electron chi connectivity index (χ1n) is 13.0. The van der Waals surface area contributed by atoms with Gasteiger partial charge in [0, 0.05) is 31.0 Å². The number of aryl methyl sites for hydroxylation is 1. The van der Waals surface area contributed by atoms with Crippen LogP contribution in [0.4, 0.5) is 0 Å². The lowest BCUT2D eigenvalue weighted by atomic mass is 10.0. The molecule has 0 saturated heterocycles. The summed E-state index contributed by atoms with van der Waals surface area (Å²) in [5, 5.41) is 3.62. The molecule has 0 fully saturated rings. The smallest absolute Gasteiger partial charge is 0.243 e. The highest BCUT2D eigenvalue weighted by molar-refractivity contribution is 6.31. The fraction of sp³-hybridized carbons (Fsp3) is 0.355. The summed E-state index contributed by atoms with van der Waals surface area (Å²) in [7, 11) is 0. The molecule has 2 amide bonds. The molecule has 3 rings (SSSR count). The lowest BCUT2D eigenvalue weighted by molar-refractivity contribution is -0.141. The summed E-state index contributed by atoms with van der Waals surface area (Å²) in [6.45, 7) is 5.37. The van der Waals surface area contributed by atoms with Crippen LogP contribution in [-0.4, -0.2) is 35.9 Å². The lowest BCUT2D eigenvalue weighted by Gasteiger charge is -2.32. The van der Waals surface area contributed by atoms with Crippen LogP contribution < -0.4 is 10.1 Å². The molecule has 0 aliphatic carbocycles. The van der Waals surface area contributed by atoms with E-state index in [-0.39, 0.29) is 24.8 Å². The summed E-state index contributed by atoms with van der Waals surface area (Å²) >= 11 is 6.47. The molecule has 196 valence electrons. The summed E-state index contributed by atoms with van der Waals surface area (Å²) in [6, 6.07) is 24.5. The Bertz CT molecular complexity index is 1120. The summed E-state index contributed by atoms with van der Waals surface area (Å²) in [5.74, 6) is 0.538. The first-order chi connectivity index (χ1) is 18.0. The third kappa shape index (κ3) is 9.25. The average Bonchev–Trinajstić information content (AvgIpc) is 2.91. The molecule has 1 N–H and O–H groups in total. The van der Waals surface area contributed by atoms with Crippen LogP contribution in [0.2, 0.25) is 5.02 Å². The molecular formula is C31H37ClN2O3. The van der Waals surface area contributed by atoms with Gasteiger partial charge in [-0.25, -0.2) is 0 Å². The normalized spacial score (nSPS) is 11.5. The maximum atomic E-state index is 13.6. The number of carbonyl (C=O) groups is 2. The largest absolute Gasteiger partial charge is 0.494 e. The van der Waals surface area contributed by atoms with Gasteiger partial charge in [0.05, 0.1) is 6.61 Å². The van der Waals surface area contributed by atoms with Gasteiger partial charge in [0.25, 0.3) is 0 Å². The maximum absolute atomic E-state index is 13.6. The third-order valence-electron chi connectivity index (χ3n) is 6.22. The topological polar surface area (TPSA) is 58.6 Å². The van der Waals surface area contributed by atoms with Crippen LogP contribution in [0.3, 0.4) is 0 Å². The zero-order chi connectivity index (χ0) is 26.5. The second kappa shape index (κ2) is 15.1. The van der Waals surface area contributed by atoms with Gasteiger partial charge in [-0.2, -0.15) is 0 Å². The molecule has 0 saturated carbocycles. The third-order valence-corrected chi connectivity index (χ3v) is 6.59. The Balaban J connectivity index is 1.78. The number of hydrogen-bond donors (Lipinski definition) is 1. The second-order valence-corrected chi connectivity index (χ2v) is 9.64. The van der Waals surface area contributed by atoms with Crippen LogP contribution in [0.15, 0.2) is 78.9 Å². The number of nitrogens with zero attached hydrogens (tertiary/aromatic N) is 1. The lowest BCUT2D eigenvalue weighted by Crippen LogP contribution is -2.50. The minimum absolute atomic E-state index is 0.0981. The minimum atomic E-state index is -0.652. The van der Waals surface area contributed by atoms with Crippen molar-refractivity contribution in [3.63, 3.8) is 0 Å². The van der Waals surface area contributed by atoms with Crippen molar-refractivity contribution in [3.8, 4) is 5.75 Å². The van der Waals surface area contributed by atoms with E-state index in [1.165, 1.54) is 5.56 Å². The molecule has 6 heteroatoms. The van der Waals surface area contributed by atoms with Gasteiger partial charge in [-0.1, -0.05) is 91.2 Å². The van der Waals surface area contributed by atoms with Gasteiger partial charge in [-0.05, 0) is 49.1 Å². The van der Waals surface area contributed by atoms with E-state index >= 15 is 0 Å². The van der Waals surface area contributed by atoms with E-state index in [1.54, 1.807) is 4.90 Å². The second-order valence-electron chi connectivity index (χ2n) is 9.23. The predicted octanol–water partition coefficient (Wildman–Crippen LogP) is 6.36. The van der Waals surface area contributed by atoms with Crippen LogP contribution in [-0.2, 0) is 22.6 Å². The number of halogens is 1. The number of amides is 2. The molecule has 0 aliphatic rings. The summed E-state index contributed by atoms with van der Waals surface area (Å²) in [4.78, 5) is 28.7. The quantitative estimate of drug-likeness (QED) is 0.251. The van der Waals surface area contributed by atoms with Crippen molar-refractivity contribution in [2.24, 2.45) is 0 Å². The molecule has 0 bridgehead atoms. The van der Waals surface area contributed by atoms with Crippen molar-refractivity contribution in [2.75, 3.05) is 13.2 Å². The van der Waals surface area contributed by atoms with Crippen molar-refractivity contribution >= 4 is 23.4 Å². The molecule has 0 aromatic heterocycles. The predicted molar refractivity (Wildman–Crippen MR) is 150 cm³/mol. The van der Waals surface area contributed by atoms with Crippen LogP contribution in [0.1, 0.15) is 49.3 Å². The molecule has 1 atom stereocenters. The van der Waals surface area contributed by atoms with Gasteiger partial charge in [0.15, 0.2) is 0 Å². The monoisotopic (exact) mass is 520 g/mol. The van der Waals surface area contributed by atoms with Crippen molar-refractivity contribution in [3.05, 3.63) is 101 Å². The number of rotatable bonds is 14. The Morgan fingerprint density at radius 2 is 1.65 bits per heavy atom. The standard InChI is InChI=1S/C31H37ClN2O3/c1-3-4-20-33-31(36)29(22-25-11-6-5-7-12-25)34(23-26-13-8-9-14-28(26)32)30(35)15-10-21-37-27-18-16-24(2)17-19-27/h5-9,11-14,16-19,29H,3-4,10,15,20-23H2,1-2H3,(H,33,36)/t29-/m1/s1. The van der Waals surface area contributed by atoms with E-state index in [2.05, 4.69) is 12.2 Å². The molecule has 0 radical (unpaired) electrons. The first kappa shape index (κ1) is 28.3. The number of carbonyl (C=O) groups excluding carboxylic acids is 2. The van der Waals surface area contributed by atoms with E-state index in [9.17, 15) is 9.59 Å². The Morgan fingerprint density at radius 3 is 2.35 bits per heavy atom. The van der Waals surface area contributed by atoms with Crippen LogP contribution in [0.25, 0.3) is 0 Å². The highest BCUT2D eigenvalue weighted by atomic mass is 35.5. The number of hydrogen-bond acceptors (Lipinski definition) is 3. The fourth-order valence-electron chi connectivity index (χ4n) is 4.06. The molecule has 3 aromatic carbocycles. The van der Waals surface area contributed by atoms with E-state index in [0.717, 1.165) is 29.7 Å². The van der Waals surface area contributed by atoms with E-state index in [0.29, 0.717) is 31.0 Å². The highest BCUT2D eigenvalue weighted by Gasteiger charge is 2.30. The Labute approximate surface area is 225 Å². The molecule has 0 unspecified atom stereocenters. The number of ether oxygens (including phenoxy) is 1. The molecule has 5 nitrogen and oxygen atoms in total. The van der Waals surface area contributed by atoms with Gasteiger partial charge in [-0.3, -0.25) is 9.59 Å². The van der Waals surface area contributed by atoms with Crippen molar-refractivity contribution in [1.82, 2.24) is 10.2 Å². The minimum Gasteiger partial charge on any atom is -0.494 e. The van der Waals surface area contributed by atoms with Gasteiger partial charge < -0.3 is 15.0 Å². The molecule has 3 aromatic rings. The molecule has 0 aliphatic heterocycles. The Morgan fingerprint density at radius 1 is 0.946 bits per heavy atom. The van der Waals surface area contributed by atoms with Gasteiger partial charge in [0.2, 0.25) is 11.8 Å². The SMILES string of the molecule is CCCCNC(=O)[C@@H](Cc1ccccc1)N(Cc1ccccc1Cl)C(=O)CCCOc1ccc(C)cc1. The van der Waals surface area contributed by atoms with E-state index in [4.69, 9.17) is 16.3 Å². The van der Waals surface area contributed by atoms with Crippen LogP contribution >= 0.6 is 11.6 Å².